The van der Waals surface area contributed by atoms with Gasteiger partial charge in [-0.3, -0.25) is 9.59 Å². The molecule has 2 N–H and O–H groups in total. The summed E-state index contributed by atoms with van der Waals surface area (Å²) in [6, 6.07) is 0.371. The zero-order chi connectivity index (χ0) is 15.7. The van der Waals surface area contributed by atoms with E-state index in [2.05, 4.69) is 5.32 Å². The highest BCUT2D eigenvalue weighted by Crippen LogP contribution is 2.20. The minimum Gasteiger partial charge on any atom is -0.389 e. The fourth-order valence-corrected chi connectivity index (χ4v) is 3.07. The van der Waals surface area contributed by atoms with Gasteiger partial charge in [0.2, 0.25) is 5.91 Å². The predicted octanol–water partition coefficient (Wildman–Crippen LogP) is 2.83. The molecule has 0 aromatic carbocycles. The highest BCUT2D eigenvalue weighted by Gasteiger charge is 2.21. The summed E-state index contributed by atoms with van der Waals surface area (Å²) in [5.41, 5.74) is 0. The van der Waals surface area contributed by atoms with E-state index in [-0.39, 0.29) is 30.1 Å². The summed E-state index contributed by atoms with van der Waals surface area (Å²) in [5.74, 6) is 0.0394. The van der Waals surface area contributed by atoms with Gasteiger partial charge in [0.15, 0.2) is 5.78 Å². The maximum absolute atomic E-state index is 12.3. The Morgan fingerprint density at radius 3 is 2.43 bits per heavy atom. The SMILES string of the molecule is CCC(CCCC(C)C(=O)CO)C(=O)NC1CCCCC1. The zero-order valence-electron chi connectivity index (χ0n) is 13.6. The number of aliphatic hydroxyl groups excluding tert-OH is 1. The Labute approximate surface area is 128 Å². The fraction of sp³-hybridized carbons (Fsp3) is 0.882. The van der Waals surface area contributed by atoms with Crippen molar-refractivity contribution in [3.8, 4) is 0 Å². The summed E-state index contributed by atoms with van der Waals surface area (Å²) in [4.78, 5) is 23.6. The number of carbonyl (C=O) groups is 2. The van der Waals surface area contributed by atoms with Crippen LogP contribution in [0.25, 0.3) is 0 Å². The first-order valence-corrected chi connectivity index (χ1v) is 8.52. The van der Waals surface area contributed by atoms with E-state index in [1.165, 1.54) is 19.3 Å². The van der Waals surface area contributed by atoms with Crippen molar-refractivity contribution in [2.45, 2.75) is 77.7 Å². The second-order valence-corrected chi connectivity index (χ2v) is 6.41. The lowest BCUT2D eigenvalue weighted by molar-refractivity contribution is -0.126. The third kappa shape index (κ3) is 6.60. The van der Waals surface area contributed by atoms with Crippen molar-refractivity contribution in [1.29, 1.82) is 0 Å². The molecule has 2 unspecified atom stereocenters. The third-order valence-corrected chi connectivity index (χ3v) is 4.71. The molecule has 21 heavy (non-hydrogen) atoms. The van der Waals surface area contributed by atoms with Crippen molar-refractivity contribution in [1.82, 2.24) is 5.32 Å². The molecule has 1 rings (SSSR count). The Balaban J connectivity index is 2.29. The van der Waals surface area contributed by atoms with Gasteiger partial charge in [-0.2, -0.15) is 0 Å². The number of hydrogen-bond acceptors (Lipinski definition) is 3. The number of amides is 1. The van der Waals surface area contributed by atoms with E-state index in [9.17, 15) is 9.59 Å². The maximum atomic E-state index is 12.3. The summed E-state index contributed by atoms with van der Waals surface area (Å²) in [6.07, 6.45) is 9.27. The lowest BCUT2D eigenvalue weighted by Crippen LogP contribution is -2.39. The van der Waals surface area contributed by atoms with Crippen molar-refractivity contribution in [3.63, 3.8) is 0 Å². The predicted molar refractivity (Wildman–Crippen MR) is 83.9 cm³/mol. The number of ketones is 1. The minimum absolute atomic E-state index is 0.0587. The monoisotopic (exact) mass is 297 g/mol. The van der Waals surface area contributed by atoms with Crippen molar-refractivity contribution in [2.75, 3.05) is 6.61 Å². The molecule has 1 fully saturated rings. The molecule has 0 aliphatic heterocycles. The molecule has 4 heteroatoms. The quantitative estimate of drug-likeness (QED) is 0.687. The van der Waals surface area contributed by atoms with Crippen LogP contribution in [-0.4, -0.2) is 29.4 Å². The number of carbonyl (C=O) groups excluding carboxylic acids is 2. The standard InChI is InChI=1S/C17H31NO3/c1-3-14(9-7-8-13(2)16(20)12-19)17(21)18-15-10-5-4-6-11-15/h13-15,19H,3-12H2,1-2H3,(H,18,21). The van der Waals surface area contributed by atoms with E-state index in [4.69, 9.17) is 5.11 Å². The summed E-state index contributed by atoms with van der Waals surface area (Å²) < 4.78 is 0. The van der Waals surface area contributed by atoms with Crippen LogP contribution in [0.15, 0.2) is 0 Å². The molecular weight excluding hydrogens is 266 g/mol. The topological polar surface area (TPSA) is 66.4 Å². The van der Waals surface area contributed by atoms with Gasteiger partial charge in [0.05, 0.1) is 0 Å². The van der Waals surface area contributed by atoms with Crippen molar-refractivity contribution in [3.05, 3.63) is 0 Å². The Hall–Kier alpha value is -0.900. The highest BCUT2D eigenvalue weighted by molar-refractivity contribution is 5.81. The molecule has 1 saturated carbocycles. The number of hydrogen-bond donors (Lipinski definition) is 2. The van der Waals surface area contributed by atoms with Gasteiger partial charge in [-0.05, 0) is 32.1 Å². The van der Waals surface area contributed by atoms with Gasteiger partial charge in [-0.1, -0.05) is 39.5 Å². The van der Waals surface area contributed by atoms with E-state index in [0.29, 0.717) is 6.04 Å². The van der Waals surface area contributed by atoms with E-state index >= 15 is 0 Å². The van der Waals surface area contributed by atoms with E-state index in [1.54, 1.807) is 0 Å². The van der Waals surface area contributed by atoms with Gasteiger partial charge in [0, 0.05) is 17.9 Å². The van der Waals surface area contributed by atoms with Crippen molar-refractivity contribution < 1.29 is 14.7 Å². The molecule has 122 valence electrons. The Morgan fingerprint density at radius 2 is 1.86 bits per heavy atom. The second kappa shape index (κ2) is 9.93. The van der Waals surface area contributed by atoms with Gasteiger partial charge in [-0.25, -0.2) is 0 Å². The molecule has 0 radical (unpaired) electrons. The molecular formula is C17H31NO3. The minimum atomic E-state index is -0.374. The highest BCUT2D eigenvalue weighted by atomic mass is 16.3. The largest absolute Gasteiger partial charge is 0.389 e. The maximum Gasteiger partial charge on any atom is 0.223 e. The van der Waals surface area contributed by atoms with Gasteiger partial charge < -0.3 is 10.4 Å². The van der Waals surface area contributed by atoms with Crippen LogP contribution in [0, 0.1) is 11.8 Å². The molecule has 1 aliphatic carbocycles. The Bertz CT molecular complexity index is 324. The summed E-state index contributed by atoms with van der Waals surface area (Å²) >= 11 is 0. The average molecular weight is 297 g/mol. The van der Waals surface area contributed by atoms with E-state index < -0.39 is 0 Å². The van der Waals surface area contributed by atoms with Crippen LogP contribution in [0.1, 0.15) is 71.6 Å². The average Bonchev–Trinajstić information content (AvgIpc) is 2.51. The third-order valence-electron chi connectivity index (χ3n) is 4.71. The lowest BCUT2D eigenvalue weighted by Gasteiger charge is -2.25. The van der Waals surface area contributed by atoms with Gasteiger partial charge >= 0.3 is 0 Å². The number of nitrogens with one attached hydrogen (secondary N) is 1. The summed E-state index contributed by atoms with van der Waals surface area (Å²) in [6.45, 7) is 3.52. The molecule has 2 atom stereocenters. The molecule has 0 saturated heterocycles. The van der Waals surface area contributed by atoms with E-state index in [0.717, 1.165) is 38.5 Å². The molecule has 1 amide bonds. The molecule has 0 heterocycles. The molecule has 0 bridgehead atoms. The Morgan fingerprint density at radius 1 is 1.19 bits per heavy atom. The number of rotatable bonds is 9. The smallest absolute Gasteiger partial charge is 0.223 e. The summed E-state index contributed by atoms with van der Waals surface area (Å²) in [7, 11) is 0. The van der Waals surface area contributed by atoms with Crippen LogP contribution >= 0.6 is 0 Å². The van der Waals surface area contributed by atoms with Crippen molar-refractivity contribution >= 4 is 11.7 Å². The van der Waals surface area contributed by atoms with Gasteiger partial charge in [-0.15, -0.1) is 0 Å². The first kappa shape index (κ1) is 18.1. The molecule has 4 nitrogen and oxygen atoms in total. The van der Waals surface area contributed by atoms with Gasteiger partial charge in [0.1, 0.15) is 6.61 Å². The molecule has 0 aromatic heterocycles. The molecule has 0 spiro atoms. The lowest BCUT2D eigenvalue weighted by atomic mass is 9.91. The van der Waals surface area contributed by atoms with Crippen LogP contribution in [0.4, 0.5) is 0 Å². The second-order valence-electron chi connectivity index (χ2n) is 6.41. The first-order chi connectivity index (χ1) is 10.1. The summed E-state index contributed by atoms with van der Waals surface area (Å²) in [5, 5.41) is 12.0. The molecule has 0 aromatic rings. The van der Waals surface area contributed by atoms with E-state index in [1.807, 2.05) is 13.8 Å². The van der Waals surface area contributed by atoms with Crippen LogP contribution < -0.4 is 5.32 Å². The van der Waals surface area contributed by atoms with Crippen LogP contribution in [-0.2, 0) is 9.59 Å². The first-order valence-electron chi connectivity index (χ1n) is 8.52. The fourth-order valence-electron chi connectivity index (χ4n) is 3.07. The Kier molecular flexibility index (Phi) is 8.58. The van der Waals surface area contributed by atoms with Crippen LogP contribution in [0.3, 0.4) is 0 Å². The van der Waals surface area contributed by atoms with Crippen LogP contribution in [0.2, 0.25) is 0 Å². The number of aliphatic hydroxyl groups is 1. The van der Waals surface area contributed by atoms with Crippen molar-refractivity contribution in [2.24, 2.45) is 11.8 Å². The van der Waals surface area contributed by atoms with Gasteiger partial charge in [0.25, 0.3) is 0 Å². The van der Waals surface area contributed by atoms with Crippen LogP contribution in [0.5, 0.6) is 0 Å². The zero-order valence-corrected chi connectivity index (χ0v) is 13.6. The number of Topliss-reactive ketones (excluding diaryl/α,β-unsaturated/α-hetero) is 1. The molecule has 1 aliphatic rings. The normalized spacial score (nSPS) is 19.0.